The third kappa shape index (κ3) is 2.54. The zero-order valence-corrected chi connectivity index (χ0v) is 10.6. The second-order valence-electron chi connectivity index (χ2n) is 4.15. The van der Waals surface area contributed by atoms with Gasteiger partial charge in [0.2, 0.25) is 0 Å². The second kappa shape index (κ2) is 4.70. The highest BCUT2D eigenvalue weighted by Gasteiger charge is 2.28. The van der Waals surface area contributed by atoms with Gasteiger partial charge in [0.25, 0.3) is 0 Å². The average molecular weight is 291 g/mol. The van der Waals surface area contributed by atoms with Crippen LogP contribution in [0.5, 0.6) is 5.75 Å². The van der Waals surface area contributed by atoms with Crippen LogP contribution in [0.3, 0.4) is 0 Å². The van der Waals surface area contributed by atoms with Gasteiger partial charge in [-0.25, -0.2) is 8.78 Å². The van der Waals surface area contributed by atoms with Crippen molar-refractivity contribution in [1.29, 1.82) is 0 Å². The lowest BCUT2D eigenvalue weighted by molar-refractivity contribution is 0.404. The highest BCUT2D eigenvalue weighted by atomic mass is 79.9. The van der Waals surface area contributed by atoms with Crippen molar-refractivity contribution in [2.45, 2.75) is 24.1 Å². The Bertz CT molecular complexity index is 368. The van der Waals surface area contributed by atoms with Gasteiger partial charge in [0.05, 0.1) is 7.11 Å². The molecular formula is C12H13BrF2O. The molecular weight excluding hydrogens is 278 g/mol. The summed E-state index contributed by atoms with van der Waals surface area (Å²) < 4.78 is 32.1. The first-order valence-corrected chi connectivity index (χ1v) is 6.20. The van der Waals surface area contributed by atoms with E-state index in [9.17, 15) is 8.78 Å². The maximum absolute atomic E-state index is 13.7. The lowest BCUT2D eigenvalue weighted by Crippen LogP contribution is -2.01. The lowest BCUT2D eigenvalue weighted by atomic mass is 10.1. The van der Waals surface area contributed by atoms with Crippen LogP contribution in [-0.2, 0) is 0 Å². The smallest absolute Gasteiger partial charge is 0.134 e. The molecule has 1 unspecified atom stereocenters. The number of alkyl halides is 1. The predicted molar refractivity (Wildman–Crippen MR) is 61.9 cm³/mol. The predicted octanol–water partition coefficient (Wildman–Crippen LogP) is 4.21. The maximum atomic E-state index is 13.7. The van der Waals surface area contributed by atoms with Crippen molar-refractivity contribution < 1.29 is 13.5 Å². The Balaban J connectivity index is 2.24. The molecule has 0 N–H and O–H groups in total. The number of benzene rings is 1. The minimum absolute atomic E-state index is 0.118. The van der Waals surface area contributed by atoms with Crippen molar-refractivity contribution in [3.8, 4) is 5.75 Å². The van der Waals surface area contributed by atoms with E-state index in [1.54, 1.807) is 0 Å². The Kier molecular flexibility index (Phi) is 3.47. The summed E-state index contributed by atoms with van der Waals surface area (Å²) in [6.07, 6.45) is 3.13. The van der Waals surface area contributed by atoms with Crippen LogP contribution in [0.25, 0.3) is 0 Å². The van der Waals surface area contributed by atoms with Gasteiger partial charge < -0.3 is 4.74 Å². The van der Waals surface area contributed by atoms with Crippen molar-refractivity contribution in [3.05, 3.63) is 29.3 Å². The fourth-order valence-electron chi connectivity index (χ4n) is 1.74. The first-order valence-electron chi connectivity index (χ1n) is 5.28. The van der Waals surface area contributed by atoms with E-state index in [-0.39, 0.29) is 16.1 Å². The number of methoxy groups -OCH3 is 1. The first kappa shape index (κ1) is 11.8. The summed E-state index contributed by atoms with van der Waals surface area (Å²) in [7, 11) is 1.39. The van der Waals surface area contributed by atoms with E-state index in [2.05, 4.69) is 15.9 Å². The van der Waals surface area contributed by atoms with Crippen LogP contribution >= 0.6 is 15.9 Å². The molecule has 0 aromatic heterocycles. The normalized spacial score (nSPS) is 17.2. The van der Waals surface area contributed by atoms with Crippen molar-refractivity contribution >= 4 is 15.9 Å². The third-order valence-corrected chi connectivity index (χ3v) is 3.67. The number of ether oxygens (including phenoxy) is 1. The Morgan fingerprint density at radius 1 is 1.38 bits per heavy atom. The SMILES string of the molecule is COc1cc(F)c(C(Br)CC2CC2)c(F)c1. The second-order valence-corrected chi connectivity index (χ2v) is 5.26. The summed E-state index contributed by atoms with van der Waals surface area (Å²) in [6.45, 7) is 0. The first-order chi connectivity index (χ1) is 7.61. The average Bonchev–Trinajstić information content (AvgIpc) is 3.00. The minimum atomic E-state index is -0.542. The Hall–Kier alpha value is -0.640. The monoisotopic (exact) mass is 290 g/mol. The number of hydrogen-bond donors (Lipinski definition) is 0. The molecule has 1 fully saturated rings. The summed E-state index contributed by atoms with van der Waals surface area (Å²) in [6, 6.07) is 2.44. The van der Waals surface area contributed by atoms with Crippen LogP contribution in [0.2, 0.25) is 0 Å². The standard InChI is InChI=1S/C12H13BrF2O/c1-16-8-5-10(14)12(11(15)6-8)9(13)4-7-2-3-7/h5-7,9H,2-4H2,1H3. The molecule has 4 heteroatoms. The molecule has 0 radical (unpaired) electrons. The van der Waals surface area contributed by atoms with E-state index in [1.165, 1.54) is 32.1 Å². The van der Waals surface area contributed by atoms with E-state index in [4.69, 9.17) is 4.74 Å². The van der Waals surface area contributed by atoms with Crippen LogP contribution < -0.4 is 4.74 Å². The zero-order chi connectivity index (χ0) is 11.7. The van der Waals surface area contributed by atoms with Gasteiger partial charge >= 0.3 is 0 Å². The minimum Gasteiger partial charge on any atom is -0.497 e. The van der Waals surface area contributed by atoms with E-state index < -0.39 is 11.6 Å². The van der Waals surface area contributed by atoms with Gasteiger partial charge in [0, 0.05) is 22.5 Å². The molecule has 1 atom stereocenters. The van der Waals surface area contributed by atoms with Gasteiger partial charge in [-0.05, 0) is 12.3 Å². The highest BCUT2D eigenvalue weighted by Crippen LogP contribution is 2.43. The molecule has 0 bridgehead atoms. The van der Waals surface area contributed by atoms with Crippen molar-refractivity contribution in [2.75, 3.05) is 7.11 Å². The Morgan fingerprint density at radius 2 is 1.94 bits per heavy atom. The van der Waals surface area contributed by atoms with Gasteiger partial charge in [-0.1, -0.05) is 28.8 Å². The van der Waals surface area contributed by atoms with Crippen molar-refractivity contribution in [3.63, 3.8) is 0 Å². The molecule has 1 aromatic carbocycles. The molecule has 0 saturated heterocycles. The molecule has 1 aliphatic rings. The molecule has 1 aliphatic carbocycles. The van der Waals surface area contributed by atoms with Crippen molar-refractivity contribution in [2.24, 2.45) is 5.92 Å². The molecule has 2 rings (SSSR count). The Morgan fingerprint density at radius 3 is 2.38 bits per heavy atom. The van der Waals surface area contributed by atoms with Gasteiger partial charge in [0.15, 0.2) is 0 Å². The van der Waals surface area contributed by atoms with Gasteiger partial charge in [-0.2, -0.15) is 0 Å². The number of hydrogen-bond acceptors (Lipinski definition) is 1. The fourth-order valence-corrected chi connectivity index (χ4v) is 2.71. The summed E-state index contributed by atoms with van der Waals surface area (Å²) in [5.41, 5.74) is 0.118. The van der Waals surface area contributed by atoms with E-state index in [0.29, 0.717) is 5.92 Å². The molecule has 1 saturated carbocycles. The van der Waals surface area contributed by atoms with Gasteiger partial charge in [0.1, 0.15) is 17.4 Å². The molecule has 0 spiro atoms. The van der Waals surface area contributed by atoms with Crippen LogP contribution in [0.4, 0.5) is 8.78 Å². The quantitative estimate of drug-likeness (QED) is 0.755. The third-order valence-electron chi connectivity index (χ3n) is 2.84. The summed E-state index contributed by atoms with van der Waals surface area (Å²) in [4.78, 5) is -0.245. The molecule has 0 aliphatic heterocycles. The van der Waals surface area contributed by atoms with Crippen molar-refractivity contribution in [1.82, 2.24) is 0 Å². The largest absolute Gasteiger partial charge is 0.497 e. The Labute approximate surface area is 102 Å². The summed E-state index contributed by atoms with van der Waals surface area (Å²) >= 11 is 3.35. The molecule has 1 aromatic rings. The molecule has 1 nitrogen and oxygen atoms in total. The lowest BCUT2D eigenvalue weighted by Gasteiger charge is -2.13. The van der Waals surface area contributed by atoms with E-state index in [1.807, 2.05) is 0 Å². The molecule has 0 heterocycles. The summed E-state index contributed by atoms with van der Waals surface area (Å²) in [5, 5.41) is 0. The molecule has 16 heavy (non-hydrogen) atoms. The van der Waals surface area contributed by atoms with E-state index in [0.717, 1.165) is 6.42 Å². The topological polar surface area (TPSA) is 9.23 Å². The zero-order valence-electron chi connectivity index (χ0n) is 8.97. The fraction of sp³-hybridized carbons (Fsp3) is 0.500. The van der Waals surface area contributed by atoms with E-state index >= 15 is 0 Å². The van der Waals surface area contributed by atoms with Crippen LogP contribution in [-0.4, -0.2) is 7.11 Å². The number of rotatable bonds is 4. The molecule has 0 amide bonds. The molecule has 88 valence electrons. The van der Waals surface area contributed by atoms with Crippen LogP contribution in [0.15, 0.2) is 12.1 Å². The number of halogens is 3. The van der Waals surface area contributed by atoms with Crippen LogP contribution in [0.1, 0.15) is 29.7 Å². The van der Waals surface area contributed by atoms with Crippen LogP contribution in [0, 0.1) is 17.6 Å². The van der Waals surface area contributed by atoms with Gasteiger partial charge in [-0.15, -0.1) is 0 Å². The van der Waals surface area contributed by atoms with Gasteiger partial charge in [-0.3, -0.25) is 0 Å². The summed E-state index contributed by atoms with van der Waals surface area (Å²) in [5.74, 6) is -0.256. The highest BCUT2D eigenvalue weighted by molar-refractivity contribution is 9.09. The maximum Gasteiger partial charge on any atom is 0.134 e.